The standard InChI is InChI=1S/C16H18N4O/c17-13-10-19-15(9-12(13)16(18)21)20-8-4-3-6-11-5-1-2-7-14(11)20/h1-2,5,7,9-10H,3-4,6,8,17H2,(H2,18,21). The van der Waals surface area contributed by atoms with Crippen LogP contribution in [0.25, 0.3) is 0 Å². The summed E-state index contributed by atoms with van der Waals surface area (Å²) >= 11 is 0. The first kappa shape index (κ1) is 13.4. The van der Waals surface area contributed by atoms with E-state index in [9.17, 15) is 4.79 Å². The van der Waals surface area contributed by atoms with Crippen molar-refractivity contribution in [3.63, 3.8) is 0 Å². The van der Waals surface area contributed by atoms with Crippen molar-refractivity contribution in [3.05, 3.63) is 47.7 Å². The Hall–Kier alpha value is -2.56. The predicted molar refractivity (Wildman–Crippen MR) is 83.6 cm³/mol. The molecule has 0 atom stereocenters. The van der Waals surface area contributed by atoms with Crippen LogP contribution in [0.1, 0.15) is 28.8 Å². The third kappa shape index (κ3) is 2.54. The van der Waals surface area contributed by atoms with E-state index >= 15 is 0 Å². The third-order valence-corrected chi connectivity index (χ3v) is 3.82. The van der Waals surface area contributed by atoms with E-state index in [1.54, 1.807) is 6.07 Å². The molecule has 1 aliphatic heterocycles. The molecular formula is C16H18N4O. The summed E-state index contributed by atoms with van der Waals surface area (Å²) in [5, 5.41) is 0. The van der Waals surface area contributed by atoms with Gasteiger partial charge < -0.3 is 16.4 Å². The summed E-state index contributed by atoms with van der Waals surface area (Å²) in [5.41, 5.74) is 14.2. The molecule has 1 aromatic heterocycles. The Bertz CT molecular complexity index is 684. The summed E-state index contributed by atoms with van der Waals surface area (Å²) < 4.78 is 0. The van der Waals surface area contributed by atoms with Crippen molar-refractivity contribution >= 4 is 23.1 Å². The van der Waals surface area contributed by atoms with Crippen molar-refractivity contribution in [2.75, 3.05) is 17.2 Å². The number of aromatic nitrogens is 1. The smallest absolute Gasteiger partial charge is 0.250 e. The molecule has 3 rings (SSSR count). The first-order valence-corrected chi connectivity index (χ1v) is 7.07. The van der Waals surface area contributed by atoms with Gasteiger partial charge in [-0.3, -0.25) is 4.79 Å². The van der Waals surface area contributed by atoms with Gasteiger partial charge in [-0.2, -0.15) is 0 Å². The van der Waals surface area contributed by atoms with Crippen molar-refractivity contribution in [2.45, 2.75) is 19.3 Å². The molecule has 21 heavy (non-hydrogen) atoms. The molecule has 0 fully saturated rings. The molecule has 5 heteroatoms. The number of amides is 1. The van der Waals surface area contributed by atoms with Gasteiger partial charge in [-0.15, -0.1) is 0 Å². The van der Waals surface area contributed by atoms with Crippen LogP contribution in [0.3, 0.4) is 0 Å². The van der Waals surface area contributed by atoms with Crippen molar-refractivity contribution in [1.82, 2.24) is 4.98 Å². The number of benzene rings is 1. The van der Waals surface area contributed by atoms with E-state index in [0.717, 1.165) is 31.5 Å². The second-order valence-corrected chi connectivity index (χ2v) is 5.23. The Labute approximate surface area is 123 Å². The van der Waals surface area contributed by atoms with Crippen molar-refractivity contribution < 1.29 is 4.79 Å². The number of pyridine rings is 1. The largest absolute Gasteiger partial charge is 0.397 e. The highest BCUT2D eigenvalue weighted by molar-refractivity contribution is 5.98. The molecule has 0 bridgehead atoms. The van der Waals surface area contributed by atoms with Gasteiger partial charge in [0.1, 0.15) is 5.82 Å². The summed E-state index contributed by atoms with van der Waals surface area (Å²) in [4.78, 5) is 18.0. The van der Waals surface area contributed by atoms with Gasteiger partial charge in [0.25, 0.3) is 5.91 Å². The number of nitrogen functional groups attached to an aromatic ring is 1. The molecule has 4 N–H and O–H groups in total. The topological polar surface area (TPSA) is 85.2 Å². The molecule has 1 aromatic carbocycles. The number of hydrogen-bond donors (Lipinski definition) is 2. The van der Waals surface area contributed by atoms with E-state index in [4.69, 9.17) is 11.5 Å². The number of anilines is 3. The van der Waals surface area contributed by atoms with Crippen LogP contribution in [0.4, 0.5) is 17.2 Å². The molecule has 1 amide bonds. The van der Waals surface area contributed by atoms with E-state index in [0.29, 0.717) is 17.1 Å². The lowest BCUT2D eigenvalue weighted by molar-refractivity contribution is 0.100. The summed E-state index contributed by atoms with van der Waals surface area (Å²) in [6.07, 6.45) is 4.78. The Morgan fingerprint density at radius 1 is 1.24 bits per heavy atom. The fourth-order valence-electron chi connectivity index (χ4n) is 2.75. The summed E-state index contributed by atoms with van der Waals surface area (Å²) in [5.74, 6) is 0.187. The maximum Gasteiger partial charge on any atom is 0.250 e. The molecule has 5 nitrogen and oxygen atoms in total. The number of fused-ring (bicyclic) bond motifs is 1. The summed E-state index contributed by atoms with van der Waals surface area (Å²) in [6.45, 7) is 0.867. The first-order valence-electron chi connectivity index (χ1n) is 7.07. The van der Waals surface area contributed by atoms with E-state index in [2.05, 4.69) is 22.0 Å². The summed E-state index contributed by atoms with van der Waals surface area (Å²) in [6, 6.07) is 9.97. The Morgan fingerprint density at radius 3 is 2.86 bits per heavy atom. The molecule has 0 aliphatic carbocycles. The van der Waals surface area contributed by atoms with Crippen LogP contribution in [0.15, 0.2) is 36.5 Å². The first-order chi connectivity index (χ1) is 10.2. The highest BCUT2D eigenvalue weighted by Crippen LogP contribution is 2.32. The van der Waals surface area contributed by atoms with E-state index < -0.39 is 5.91 Å². The minimum Gasteiger partial charge on any atom is -0.397 e. The van der Waals surface area contributed by atoms with Crippen LogP contribution in [-0.2, 0) is 6.42 Å². The Kier molecular flexibility index (Phi) is 3.48. The highest BCUT2D eigenvalue weighted by Gasteiger charge is 2.19. The molecule has 2 aromatic rings. The quantitative estimate of drug-likeness (QED) is 0.884. The maximum atomic E-state index is 11.5. The average molecular weight is 282 g/mol. The number of hydrogen-bond acceptors (Lipinski definition) is 4. The molecule has 0 unspecified atom stereocenters. The van der Waals surface area contributed by atoms with Gasteiger partial charge in [0.05, 0.1) is 17.4 Å². The second kappa shape index (κ2) is 5.44. The number of aryl methyl sites for hydroxylation is 1. The fraction of sp³-hybridized carbons (Fsp3) is 0.250. The van der Waals surface area contributed by atoms with Gasteiger partial charge in [-0.25, -0.2) is 4.98 Å². The zero-order chi connectivity index (χ0) is 14.8. The van der Waals surface area contributed by atoms with Crippen molar-refractivity contribution in [3.8, 4) is 0 Å². The number of carbonyl (C=O) groups excluding carboxylic acids is 1. The highest BCUT2D eigenvalue weighted by atomic mass is 16.1. The minimum atomic E-state index is -0.528. The maximum absolute atomic E-state index is 11.5. The van der Waals surface area contributed by atoms with Crippen LogP contribution >= 0.6 is 0 Å². The van der Waals surface area contributed by atoms with Crippen LogP contribution in [0.2, 0.25) is 0 Å². The number of nitrogens with two attached hydrogens (primary N) is 2. The molecule has 108 valence electrons. The van der Waals surface area contributed by atoms with E-state index in [-0.39, 0.29) is 0 Å². The van der Waals surface area contributed by atoms with Gasteiger partial charge >= 0.3 is 0 Å². The van der Waals surface area contributed by atoms with Crippen LogP contribution < -0.4 is 16.4 Å². The Balaban J connectivity index is 2.08. The normalized spacial score (nSPS) is 14.4. The number of primary amides is 1. The minimum absolute atomic E-state index is 0.314. The third-order valence-electron chi connectivity index (χ3n) is 3.82. The fourth-order valence-corrected chi connectivity index (χ4v) is 2.75. The van der Waals surface area contributed by atoms with Crippen molar-refractivity contribution in [1.29, 1.82) is 0 Å². The molecule has 0 saturated heterocycles. The molecule has 0 spiro atoms. The van der Waals surface area contributed by atoms with Gasteiger partial charge in [-0.05, 0) is 37.0 Å². The SMILES string of the molecule is NC(=O)c1cc(N2CCCCc3ccccc32)ncc1N. The van der Waals surface area contributed by atoms with Gasteiger partial charge in [0.15, 0.2) is 0 Å². The lowest BCUT2D eigenvalue weighted by Gasteiger charge is -2.24. The number of carbonyl (C=O) groups is 1. The number of para-hydroxylation sites is 1. The second-order valence-electron chi connectivity index (χ2n) is 5.23. The van der Waals surface area contributed by atoms with Crippen LogP contribution in [-0.4, -0.2) is 17.4 Å². The molecule has 1 aliphatic rings. The molecule has 0 radical (unpaired) electrons. The van der Waals surface area contributed by atoms with Gasteiger partial charge in [-0.1, -0.05) is 18.2 Å². The predicted octanol–water partition coefficient (Wildman–Crippen LogP) is 2.24. The zero-order valence-electron chi connectivity index (χ0n) is 11.7. The Morgan fingerprint density at radius 2 is 2.05 bits per heavy atom. The van der Waals surface area contributed by atoms with Crippen LogP contribution in [0, 0.1) is 0 Å². The number of nitrogens with zero attached hydrogens (tertiary/aromatic N) is 2. The van der Waals surface area contributed by atoms with E-state index in [1.165, 1.54) is 11.8 Å². The molecular weight excluding hydrogens is 264 g/mol. The average Bonchev–Trinajstić information content (AvgIpc) is 2.70. The zero-order valence-corrected chi connectivity index (χ0v) is 11.7. The van der Waals surface area contributed by atoms with Crippen molar-refractivity contribution in [2.24, 2.45) is 5.73 Å². The van der Waals surface area contributed by atoms with Crippen LogP contribution in [0.5, 0.6) is 0 Å². The van der Waals surface area contributed by atoms with Gasteiger partial charge in [0.2, 0.25) is 0 Å². The van der Waals surface area contributed by atoms with E-state index in [1.807, 2.05) is 12.1 Å². The molecule has 0 saturated carbocycles. The lowest BCUT2D eigenvalue weighted by atomic mass is 10.1. The van der Waals surface area contributed by atoms with Gasteiger partial charge in [0, 0.05) is 12.2 Å². The summed E-state index contributed by atoms with van der Waals surface area (Å²) in [7, 11) is 0. The molecule has 2 heterocycles. The number of rotatable bonds is 2. The lowest BCUT2D eigenvalue weighted by Crippen LogP contribution is -2.21. The monoisotopic (exact) mass is 282 g/mol.